The molecule has 0 bridgehead atoms. The topological polar surface area (TPSA) is 50.9 Å². The van der Waals surface area contributed by atoms with E-state index < -0.39 is 0 Å². The summed E-state index contributed by atoms with van der Waals surface area (Å²) in [6, 6.07) is 14.1. The van der Waals surface area contributed by atoms with Crippen molar-refractivity contribution in [2.24, 2.45) is 0 Å². The zero-order valence-corrected chi connectivity index (χ0v) is 18.5. The average molecular weight is 422 g/mol. The molecule has 0 saturated carbocycles. The van der Waals surface area contributed by atoms with Crippen molar-refractivity contribution < 1.29 is 9.15 Å². The molecule has 2 aromatic carbocycles. The Morgan fingerprint density at radius 3 is 2.42 bits per heavy atom. The molecule has 1 aromatic heterocycles. The Bertz CT molecular complexity index is 1090. The number of allylic oxidation sites excluding steroid dienone is 1. The molecule has 0 unspecified atom stereocenters. The molecule has 0 atom stereocenters. The molecule has 6 nitrogen and oxygen atoms in total. The van der Waals surface area contributed by atoms with E-state index in [4.69, 9.17) is 9.15 Å². The molecule has 1 aliphatic heterocycles. The molecule has 0 spiro atoms. The summed E-state index contributed by atoms with van der Waals surface area (Å²) in [5.41, 5.74) is 4.72. The van der Waals surface area contributed by atoms with Gasteiger partial charge in [0.05, 0.1) is 12.6 Å². The number of fused-ring (bicyclic) bond motifs is 1. The molecular weight excluding hydrogens is 390 g/mol. The Kier molecular flexibility index (Phi) is 6.47. The van der Waals surface area contributed by atoms with Crippen LogP contribution in [0.2, 0.25) is 0 Å². The second-order valence-corrected chi connectivity index (χ2v) is 8.22. The maximum atomic E-state index is 12.3. The number of ether oxygens (including phenoxy) is 1. The van der Waals surface area contributed by atoms with Crippen LogP contribution in [0.3, 0.4) is 0 Å². The van der Waals surface area contributed by atoms with Gasteiger partial charge in [-0.15, -0.1) is 0 Å². The molecule has 6 heteroatoms. The summed E-state index contributed by atoms with van der Waals surface area (Å²) < 4.78 is 12.4. The highest BCUT2D eigenvalue weighted by Crippen LogP contribution is 2.21. The van der Waals surface area contributed by atoms with Gasteiger partial charge in [0.25, 0.3) is 0 Å². The van der Waals surface area contributed by atoms with Gasteiger partial charge >= 0.3 is 5.76 Å². The van der Waals surface area contributed by atoms with Gasteiger partial charge in [-0.1, -0.05) is 18.2 Å². The average Bonchev–Trinajstić information content (AvgIpc) is 3.11. The molecule has 0 aliphatic carbocycles. The summed E-state index contributed by atoms with van der Waals surface area (Å²) in [5, 5.41) is 0. The number of aryl methyl sites for hydroxylation is 1. The van der Waals surface area contributed by atoms with Crippen molar-refractivity contribution in [1.29, 1.82) is 0 Å². The Hall–Kier alpha value is -2.99. The first kappa shape index (κ1) is 21.2. The van der Waals surface area contributed by atoms with Crippen LogP contribution in [0, 0.1) is 0 Å². The zero-order chi connectivity index (χ0) is 21.8. The summed E-state index contributed by atoms with van der Waals surface area (Å²) in [6.07, 6.45) is 2.01. The second-order valence-electron chi connectivity index (χ2n) is 8.22. The Labute approximate surface area is 183 Å². The summed E-state index contributed by atoms with van der Waals surface area (Å²) in [6.45, 7) is 11.8. The Morgan fingerprint density at radius 2 is 1.74 bits per heavy atom. The van der Waals surface area contributed by atoms with Crippen LogP contribution in [0.25, 0.3) is 16.7 Å². The van der Waals surface area contributed by atoms with E-state index in [-0.39, 0.29) is 5.76 Å². The van der Waals surface area contributed by atoms with Crippen molar-refractivity contribution in [3.8, 4) is 5.75 Å². The number of piperazine rings is 1. The molecule has 0 N–H and O–H groups in total. The Balaban J connectivity index is 1.25. The SMILES string of the molecule is C=C(C)c1ccc2c(c1)oc(=O)n2CCCCN1CCN(c2ccc(OC)cc2)CC1. The first-order valence-corrected chi connectivity index (χ1v) is 11.0. The highest BCUT2D eigenvalue weighted by molar-refractivity contribution is 5.78. The third-order valence-corrected chi connectivity index (χ3v) is 6.08. The molecule has 2 heterocycles. The molecule has 1 fully saturated rings. The van der Waals surface area contributed by atoms with Crippen LogP contribution < -0.4 is 15.4 Å². The summed E-state index contributed by atoms with van der Waals surface area (Å²) in [7, 11) is 1.69. The van der Waals surface area contributed by atoms with Gasteiger partial charge in [-0.05, 0) is 68.3 Å². The Morgan fingerprint density at radius 1 is 1.03 bits per heavy atom. The van der Waals surface area contributed by atoms with Crippen LogP contribution in [0.5, 0.6) is 5.75 Å². The van der Waals surface area contributed by atoms with E-state index in [9.17, 15) is 4.79 Å². The van der Waals surface area contributed by atoms with Gasteiger partial charge in [0.15, 0.2) is 5.58 Å². The van der Waals surface area contributed by atoms with Crippen molar-refractivity contribution in [1.82, 2.24) is 9.47 Å². The highest BCUT2D eigenvalue weighted by atomic mass is 16.5. The predicted molar refractivity (Wildman–Crippen MR) is 126 cm³/mol. The molecule has 0 amide bonds. The highest BCUT2D eigenvalue weighted by Gasteiger charge is 2.17. The van der Waals surface area contributed by atoms with Crippen LogP contribution in [-0.4, -0.2) is 49.3 Å². The second kappa shape index (κ2) is 9.43. The van der Waals surface area contributed by atoms with E-state index in [0.29, 0.717) is 12.1 Å². The third-order valence-electron chi connectivity index (χ3n) is 6.08. The van der Waals surface area contributed by atoms with Crippen molar-refractivity contribution in [2.45, 2.75) is 26.3 Å². The van der Waals surface area contributed by atoms with Gasteiger partial charge in [0.2, 0.25) is 0 Å². The molecule has 1 aliphatic rings. The predicted octanol–water partition coefficient (Wildman–Crippen LogP) is 4.24. The van der Waals surface area contributed by atoms with Crippen LogP contribution in [0.4, 0.5) is 5.69 Å². The van der Waals surface area contributed by atoms with E-state index in [1.54, 1.807) is 11.7 Å². The van der Waals surface area contributed by atoms with Gasteiger partial charge in [0, 0.05) is 38.4 Å². The number of oxazole rings is 1. The lowest BCUT2D eigenvalue weighted by Crippen LogP contribution is -2.46. The van der Waals surface area contributed by atoms with Crippen molar-refractivity contribution in [3.63, 3.8) is 0 Å². The van der Waals surface area contributed by atoms with Crippen molar-refractivity contribution in [2.75, 3.05) is 44.7 Å². The van der Waals surface area contributed by atoms with Gasteiger partial charge in [-0.25, -0.2) is 4.79 Å². The lowest BCUT2D eigenvalue weighted by molar-refractivity contribution is 0.251. The summed E-state index contributed by atoms with van der Waals surface area (Å²) in [4.78, 5) is 17.2. The first-order valence-electron chi connectivity index (χ1n) is 11.0. The van der Waals surface area contributed by atoms with E-state index in [1.165, 1.54) is 5.69 Å². The van der Waals surface area contributed by atoms with Crippen molar-refractivity contribution in [3.05, 3.63) is 65.2 Å². The summed E-state index contributed by atoms with van der Waals surface area (Å²) in [5.74, 6) is 0.616. The minimum Gasteiger partial charge on any atom is -0.497 e. The number of aromatic nitrogens is 1. The zero-order valence-electron chi connectivity index (χ0n) is 18.5. The maximum absolute atomic E-state index is 12.3. The van der Waals surface area contributed by atoms with Gasteiger partial charge in [-0.2, -0.15) is 0 Å². The van der Waals surface area contributed by atoms with Crippen molar-refractivity contribution >= 4 is 22.4 Å². The minimum atomic E-state index is -0.276. The monoisotopic (exact) mass is 421 g/mol. The lowest BCUT2D eigenvalue weighted by Gasteiger charge is -2.36. The number of benzene rings is 2. The first-order chi connectivity index (χ1) is 15.0. The number of hydrogen-bond acceptors (Lipinski definition) is 5. The molecule has 31 heavy (non-hydrogen) atoms. The largest absolute Gasteiger partial charge is 0.497 e. The van der Waals surface area contributed by atoms with Gasteiger partial charge in [-0.3, -0.25) is 9.47 Å². The smallest absolute Gasteiger partial charge is 0.419 e. The fourth-order valence-electron chi connectivity index (χ4n) is 4.17. The number of unbranched alkanes of at least 4 members (excludes halogenated alkanes) is 1. The maximum Gasteiger partial charge on any atom is 0.419 e. The number of hydrogen-bond donors (Lipinski definition) is 0. The number of rotatable bonds is 8. The van der Waals surface area contributed by atoms with Crippen LogP contribution in [-0.2, 0) is 6.54 Å². The van der Waals surface area contributed by atoms with E-state index >= 15 is 0 Å². The van der Waals surface area contributed by atoms with Gasteiger partial charge < -0.3 is 14.1 Å². The van der Waals surface area contributed by atoms with Crippen LogP contribution >= 0.6 is 0 Å². The van der Waals surface area contributed by atoms with E-state index in [1.807, 2.05) is 37.3 Å². The van der Waals surface area contributed by atoms with E-state index in [0.717, 1.165) is 68.0 Å². The van der Waals surface area contributed by atoms with Crippen LogP contribution in [0.1, 0.15) is 25.3 Å². The number of anilines is 1. The van der Waals surface area contributed by atoms with E-state index in [2.05, 4.69) is 28.5 Å². The minimum absolute atomic E-state index is 0.276. The molecule has 164 valence electrons. The summed E-state index contributed by atoms with van der Waals surface area (Å²) >= 11 is 0. The fourth-order valence-corrected chi connectivity index (χ4v) is 4.17. The number of methoxy groups -OCH3 is 1. The molecule has 4 rings (SSSR count). The molecule has 0 radical (unpaired) electrons. The normalized spacial score (nSPS) is 14.8. The molecule has 1 saturated heterocycles. The third kappa shape index (κ3) is 4.85. The van der Waals surface area contributed by atoms with Crippen LogP contribution in [0.15, 0.2) is 58.3 Å². The quantitative estimate of drug-likeness (QED) is 0.509. The number of nitrogens with zero attached hydrogens (tertiary/aromatic N) is 3. The van der Waals surface area contributed by atoms with Gasteiger partial charge in [0.1, 0.15) is 5.75 Å². The lowest BCUT2D eigenvalue weighted by atomic mass is 10.1. The molecule has 3 aromatic rings. The fraction of sp³-hybridized carbons (Fsp3) is 0.400. The standard InChI is InChI=1S/C25H31N3O3/c1-19(2)20-6-11-23-24(18-20)31-25(29)28(23)13-5-4-12-26-14-16-27(17-15-26)21-7-9-22(30-3)10-8-21/h6-11,18H,1,4-5,12-17H2,2-3H3. The molecular formula is C25H31N3O3.